The number of ketones is 2. The number of carbonyl (C=O) groups excluding carboxylic acids is 4. The van der Waals surface area contributed by atoms with E-state index in [0.717, 1.165) is 46.8 Å². The molecule has 18 heteroatoms. The van der Waals surface area contributed by atoms with Crippen molar-refractivity contribution in [1.29, 1.82) is 0 Å². The topological polar surface area (TPSA) is 172 Å². The Hall–Kier alpha value is -6.92. The van der Waals surface area contributed by atoms with Gasteiger partial charge in [-0.25, -0.2) is 17.6 Å². The summed E-state index contributed by atoms with van der Waals surface area (Å²) in [6.07, 6.45) is 6.96. The maximum absolute atomic E-state index is 13.7. The molecule has 0 unspecified atom stereocenters. The Kier molecular flexibility index (Phi) is 18.9. The lowest BCUT2D eigenvalue weighted by molar-refractivity contribution is -0.143. The van der Waals surface area contributed by atoms with Crippen LogP contribution in [0, 0.1) is 23.3 Å². The third-order valence-electron chi connectivity index (χ3n) is 10.2. The number of hydrogen-bond donors (Lipinski definition) is 2. The van der Waals surface area contributed by atoms with Crippen molar-refractivity contribution in [3.63, 3.8) is 0 Å². The second kappa shape index (κ2) is 25.0. The molecular formula is C48H52F4N8O6. The quantitative estimate of drug-likeness (QED) is 0.0582. The van der Waals surface area contributed by atoms with Gasteiger partial charge in [-0.05, 0) is 112 Å². The highest BCUT2D eigenvalue weighted by Crippen LogP contribution is 2.22. The van der Waals surface area contributed by atoms with E-state index < -0.39 is 47.3 Å². The summed E-state index contributed by atoms with van der Waals surface area (Å²) in [4.78, 5) is 58.1. The van der Waals surface area contributed by atoms with Crippen molar-refractivity contribution in [2.75, 3.05) is 26.3 Å². The van der Waals surface area contributed by atoms with E-state index in [4.69, 9.17) is 9.47 Å². The summed E-state index contributed by atoms with van der Waals surface area (Å²) in [6, 6.07) is 16.4. The van der Waals surface area contributed by atoms with Crippen LogP contribution < -0.4 is 10.6 Å². The number of benzene rings is 2. The number of pyridine rings is 2. The predicted octanol–water partition coefficient (Wildman–Crippen LogP) is 6.24. The first-order valence-electron chi connectivity index (χ1n) is 21.5. The van der Waals surface area contributed by atoms with Crippen molar-refractivity contribution >= 4 is 23.5 Å². The molecule has 0 aliphatic heterocycles. The zero-order valence-electron chi connectivity index (χ0n) is 37.1. The van der Waals surface area contributed by atoms with E-state index >= 15 is 0 Å². The SMILES string of the molecule is CCOC(=O)CN[C@@H](Cc1ccc(F)c(F)c1)C(=O)Cc1cc(-c2ccncc2)nn1CC.CCOC(=O)CN[C@@H](Cc1ccc(F)c(F)c1)C(=O)Cc1cc(-c2ccncc2)nn1CC. The van der Waals surface area contributed by atoms with Gasteiger partial charge in [-0.3, -0.25) is 49.1 Å². The third kappa shape index (κ3) is 14.5. The maximum Gasteiger partial charge on any atom is 0.319 e. The van der Waals surface area contributed by atoms with Crippen molar-refractivity contribution in [3.8, 4) is 22.5 Å². The fourth-order valence-electron chi connectivity index (χ4n) is 6.92. The average molecular weight is 913 g/mol. The zero-order chi connectivity index (χ0) is 47.6. The average Bonchev–Trinajstić information content (AvgIpc) is 3.93. The molecule has 6 rings (SSSR count). The molecule has 0 radical (unpaired) electrons. The monoisotopic (exact) mass is 912 g/mol. The molecule has 348 valence electrons. The molecule has 0 fully saturated rings. The maximum atomic E-state index is 13.7. The Balaban J connectivity index is 0.000000247. The number of nitrogens with zero attached hydrogens (tertiary/aromatic N) is 6. The Morgan fingerprint density at radius 3 is 1.26 bits per heavy atom. The molecule has 2 atom stereocenters. The van der Waals surface area contributed by atoms with Gasteiger partial charge in [0.05, 0.1) is 62.6 Å². The summed E-state index contributed by atoms with van der Waals surface area (Å²) in [5, 5.41) is 14.9. The summed E-state index contributed by atoms with van der Waals surface area (Å²) < 4.78 is 67.3. The van der Waals surface area contributed by atoms with Gasteiger partial charge in [-0.1, -0.05) is 12.1 Å². The molecule has 0 saturated carbocycles. The molecule has 6 aromatic rings. The minimum Gasteiger partial charge on any atom is -0.465 e. The van der Waals surface area contributed by atoms with E-state index in [2.05, 4.69) is 30.8 Å². The highest BCUT2D eigenvalue weighted by Gasteiger charge is 2.25. The van der Waals surface area contributed by atoms with E-state index in [0.29, 0.717) is 35.6 Å². The van der Waals surface area contributed by atoms with Crippen LogP contribution in [-0.2, 0) is 67.4 Å². The van der Waals surface area contributed by atoms with Gasteiger partial charge in [0.25, 0.3) is 0 Å². The molecule has 0 aliphatic carbocycles. The number of nitrogens with one attached hydrogen (secondary N) is 2. The van der Waals surface area contributed by atoms with Gasteiger partial charge in [0.1, 0.15) is 0 Å². The smallest absolute Gasteiger partial charge is 0.319 e. The molecular weight excluding hydrogens is 861 g/mol. The van der Waals surface area contributed by atoms with E-state index in [1.807, 2.05) is 50.2 Å². The molecule has 0 saturated heterocycles. The van der Waals surface area contributed by atoms with Crippen molar-refractivity contribution in [3.05, 3.63) is 143 Å². The standard InChI is InChI=1S/2C24H26F2N4O3/c2*1-3-30-18(13-21(29-30)17-7-9-27-10-8-17)14-23(31)22(28-15-24(32)33-4-2)12-16-5-6-19(25)20(26)11-16/h2*5-11,13,22,28H,3-4,12,14-15H2,1-2H3/t2*22-/m00/s1. The first-order valence-corrected chi connectivity index (χ1v) is 21.5. The molecule has 2 N–H and O–H groups in total. The van der Waals surface area contributed by atoms with Crippen LogP contribution in [0.3, 0.4) is 0 Å². The zero-order valence-corrected chi connectivity index (χ0v) is 37.1. The Labute approximate surface area is 379 Å². The van der Waals surface area contributed by atoms with Crippen LogP contribution in [0.2, 0.25) is 0 Å². The number of aryl methyl sites for hydroxylation is 2. The van der Waals surface area contributed by atoms with Gasteiger partial charge in [0, 0.05) is 60.4 Å². The van der Waals surface area contributed by atoms with Gasteiger partial charge >= 0.3 is 11.9 Å². The second-order valence-electron chi connectivity index (χ2n) is 14.8. The fraction of sp³-hybridized carbons (Fsp3) is 0.333. The minimum absolute atomic E-state index is 0.0517. The van der Waals surface area contributed by atoms with Crippen LogP contribution in [0.15, 0.2) is 97.6 Å². The number of halogens is 4. The largest absolute Gasteiger partial charge is 0.465 e. The van der Waals surface area contributed by atoms with Crippen molar-refractivity contribution in [2.45, 2.75) is 78.6 Å². The van der Waals surface area contributed by atoms with Crippen LogP contribution in [0.1, 0.15) is 50.2 Å². The molecule has 0 amide bonds. The van der Waals surface area contributed by atoms with E-state index in [1.54, 1.807) is 48.0 Å². The van der Waals surface area contributed by atoms with Crippen LogP contribution in [-0.4, -0.2) is 91.4 Å². The van der Waals surface area contributed by atoms with Gasteiger partial charge in [0.15, 0.2) is 34.8 Å². The normalized spacial score (nSPS) is 11.9. The second-order valence-corrected chi connectivity index (χ2v) is 14.8. The minimum atomic E-state index is -0.991. The number of Topliss-reactive ketones (excluding diaryl/α,β-unsaturated/α-hetero) is 2. The van der Waals surface area contributed by atoms with E-state index in [-0.39, 0.29) is 63.6 Å². The van der Waals surface area contributed by atoms with E-state index in [9.17, 15) is 36.7 Å². The molecule has 0 bridgehead atoms. The third-order valence-corrected chi connectivity index (χ3v) is 10.2. The lowest BCUT2D eigenvalue weighted by Gasteiger charge is -2.18. The summed E-state index contributed by atoms with van der Waals surface area (Å²) in [6.45, 7) is 8.44. The summed E-state index contributed by atoms with van der Waals surface area (Å²) >= 11 is 0. The van der Waals surface area contributed by atoms with Crippen molar-refractivity contribution in [2.24, 2.45) is 0 Å². The predicted molar refractivity (Wildman–Crippen MR) is 237 cm³/mol. The van der Waals surface area contributed by atoms with Gasteiger partial charge in [0.2, 0.25) is 0 Å². The van der Waals surface area contributed by atoms with Crippen molar-refractivity contribution in [1.82, 2.24) is 40.2 Å². The molecule has 14 nitrogen and oxygen atoms in total. The molecule has 2 aromatic carbocycles. The van der Waals surface area contributed by atoms with Crippen LogP contribution in [0.5, 0.6) is 0 Å². The number of aromatic nitrogens is 6. The van der Waals surface area contributed by atoms with Crippen LogP contribution in [0.25, 0.3) is 22.5 Å². The van der Waals surface area contributed by atoms with Crippen LogP contribution >= 0.6 is 0 Å². The first kappa shape index (κ1) is 50.1. The lowest BCUT2D eigenvalue weighted by atomic mass is 9.99. The summed E-state index contributed by atoms with van der Waals surface area (Å²) in [5.74, 6) is -5.32. The van der Waals surface area contributed by atoms with Gasteiger partial charge < -0.3 is 9.47 Å². The Bertz CT molecular complexity index is 2380. The summed E-state index contributed by atoms with van der Waals surface area (Å²) in [5.41, 5.74) is 5.49. The van der Waals surface area contributed by atoms with Gasteiger partial charge in [-0.15, -0.1) is 0 Å². The highest BCUT2D eigenvalue weighted by molar-refractivity contribution is 5.88. The van der Waals surface area contributed by atoms with Gasteiger partial charge in [-0.2, -0.15) is 10.2 Å². The number of ether oxygens (including phenoxy) is 2. The molecule has 4 heterocycles. The number of rotatable bonds is 22. The fourth-order valence-corrected chi connectivity index (χ4v) is 6.92. The highest BCUT2D eigenvalue weighted by atomic mass is 19.2. The first-order chi connectivity index (χ1) is 31.8. The van der Waals surface area contributed by atoms with Crippen LogP contribution in [0.4, 0.5) is 17.6 Å². The Morgan fingerprint density at radius 2 is 0.924 bits per heavy atom. The molecule has 0 aliphatic rings. The van der Waals surface area contributed by atoms with E-state index in [1.165, 1.54) is 12.1 Å². The Morgan fingerprint density at radius 1 is 0.545 bits per heavy atom. The number of hydrogen-bond acceptors (Lipinski definition) is 12. The molecule has 0 spiro atoms. The molecule has 66 heavy (non-hydrogen) atoms. The van der Waals surface area contributed by atoms with Crippen molar-refractivity contribution < 1.29 is 46.2 Å². The number of carbonyl (C=O) groups is 4. The number of esters is 2. The summed E-state index contributed by atoms with van der Waals surface area (Å²) in [7, 11) is 0. The molecule has 4 aromatic heterocycles. The lowest BCUT2D eigenvalue weighted by Crippen LogP contribution is -2.42.